The van der Waals surface area contributed by atoms with Gasteiger partial charge in [-0.3, -0.25) is 9.36 Å². The second-order valence-corrected chi connectivity index (χ2v) is 5.08. The van der Waals surface area contributed by atoms with Crippen molar-refractivity contribution < 1.29 is 9.90 Å². The van der Waals surface area contributed by atoms with E-state index in [0.29, 0.717) is 10.5 Å². The van der Waals surface area contributed by atoms with Crippen LogP contribution in [0.25, 0.3) is 22.0 Å². The van der Waals surface area contributed by atoms with Crippen LogP contribution in [0.2, 0.25) is 5.02 Å². The summed E-state index contributed by atoms with van der Waals surface area (Å²) >= 11 is 5.90. The molecule has 0 aliphatic carbocycles. The number of fused-ring (bicyclic) bond motifs is 1. The predicted octanol–water partition coefficient (Wildman–Crippen LogP) is 4.33. The Balaban J connectivity index is 2.31. The van der Waals surface area contributed by atoms with Crippen molar-refractivity contribution >= 4 is 28.4 Å². The summed E-state index contributed by atoms with van der Waals surface area (Å²) in [5.74, 6) is 0.0431. The number of carbonyl (C=O) groups is 1. The van der Waals surface area contributed by atoms with Gasteiger partial charge in [-0.15, -0.1) is 0 Å². The Kier molecular flexibility index (Phi) is 2.99. The van der Waals surface area contributed by atoms with Crippen molar-refractivity contribution in [2.24, 2.45) is 0 Å². The minimum absolute atomic E-state index is 0.0965. The van der Waals surface area contributed by atoms with Gasteiger partial charge in [-0.25, -0.2) is 0 Å². The molecule has 4 heteroatoms. The molecule has 20 heavy (non-hydrogen) atoms. The minimum atomic E-state index is -0.0965. The van der Waals surface area contributed by atoms with E-state index in [1.165, 1.54) is 6.92 Å². The first-order valence-corrected chi connectivity index (χ1v) is 6.55. The van der Waals surface area contributed by atoms with E-state index in [-0.39, 0.29) is 11.7 Å². The molecular formula is C16H12ClNO2. The van der Waals surface area contributed by atoms with Crippen molar-refractivity contribution in [3.8, 4) is 16.9 Å². The summed E-state index contributed by atoms with van der Waals surface area (Å²) in [5, 5.41) is 11.2. The van der Waals surface area contributed by atoms with E-state index in [9.17, 15) is 9.90 Å². The Morgan fingerprint density at radius 1 is 1.15 bits per heavy atom. The number of hydrogen-bond donors (Lipinski definition) is 1. The number of carbonyl (C=O) groups excluding carboxylic acids is 1. The standard InChI is InChI=1S/C16H12ClNO2/c1-10(19)18-9-15(11-2-4-12(17)5-3-11)14-7-6-13(20)8-16(14)18/h2-9,20H,1H3. The van der Waals surface area contributed by atoms with Gasteiger partial charge in [-0.1, -0.05) is 23.7 Å². The van der Waals surface area contributed by atoms with Crippen molar-refractivity contribution in [3.63, 3.8) is 0 Å². The average molecular weight is 286 g/mol. The quantitative estimate of drug-likeness (QED) is 0.723. The van der Waals surface area contributed by atoms with Crippen LogP contribution < -0.4 is 0 Å². The van der Waals surface area contributed by atoms with Crippen LogP contribution in [-0.4, -0.2) is 15.6 Å². The number of benzene rings is 2. The van der Waals surface area contributed by atoms with Gasteiger partial charge in [0.15, 0.2) is 0 Å². The molecule has 0 atom stereocenters. The van der Waals surface area contributed by atoms with Gasteiger partial charge in [0.2, 0.25) is 5.91 Å². The Bertz CT molecular complexity index is 803. The molecule has 0 saturated heterocycles. The highest BCUT2D eigenvalue weighted by atomic mass is 35.5. The lowest BCUT2D eigenvalue weighted by atomic mass is 10.1. The van der Waals surface area contributed by atoms with Gasteiger partial charge < -0.3 is 5.11 Å². The van der Waals surface area contributed by atoms with Gasteiger partial charge in [-0.2, -0.15) is 0 Å². The number of aromatic nitrogens is 1. The Labute approximate surface area is 121 Å². The highest BCUT2D eigenvalue weighted by molar-refractivity contribution is 6.30. The van der Waals surface area contributed by atoms with E-state index in [4.69, 9.17) is 11.6 Å². The molecule has 0 aliphatic rings. The van der Waals surface area contributed by atoms with E-state index < -0.39 is 0 Å². The first kappa shape index (κ1) is 12.8. The summed E-state index contributed by atoms with van der Waals surface area (Å²) in [6, 6.07) is 12.5. The summed E-state index contributed by atoms with van der Waals surface area (Å²) in [7, 11) is 0. The molecule has 100 valence electrons. The number of hydrogen-bond acceptors (Lipinski definition) is 2. The van der Waals surface area contributed by atoms with Gasteiger partial charge in [0.25, 0.3) is 0 Å². The van der Waals surface area contributed by atoms with Crippen LogP contribution in [0.3, 0.4) is 0 Å². The van der Waals surface area contributed by atoms with E-state index in [0.717, 1.165) is 16.5 Å². The van der Waals surface area contributed by atoms with Gasteiger partial charge in [0.05, 0.1) is 5.52 Å². The van der Waals surface area contributed by atoms with Gasteiger partial charge in [0, 0.05) is 35.2 Å². The maximum Gasteiger partial charge on any atom is 0.227 e. The molecule has 1 N–H and O–H groups in total. The molecule has 0 radical (unpaired) electrons. The molecule has 0 unspecified atom stereocenters. The Morgan fingerprint density at radius 3 is 2.50 bits per heavy atom. The minimum Gasteiger partial charge on any atom is -0.508 e. The maximum atomic E-state index is 11.7. The molecule has 0 fully saturated rings. The summed E-state index contributed by atoms with van der Waals surface area (Å²) in [5.41, 5.74) is 2.61. The van der Waals surface area contributed by atoms with Crippen molar-refractivity contribution in [2.75, 3.05) is 0 Å². The fraction of sp³-hybridized carbons (Fsp3) is 0.0625. The van der Waals surface area contributed by atoms with Crippen LogP contribution in [0.5, 0.6) is 5.75 Å². The van der Waals surface area contributed by atoms with Gasteiger partial charge in [0.1, 0.15) is 5.75 Å². The number of aromatic hydroxyl groups is 1. The number of phenols is 1. The van der Waals surface area contributed by atoms with Crippen molar-refractivity contribution in [2.45, 2.75) is 6.92 Å². The molecule has 1 aromatic heterocycles. The zero-order valence-corrected chi connectivity index (χ0v) is 11.6. The third-order valence-corrected chi connectivity index (χ3v) is 3.54. The van der Waals surface area contributed by atoms with Crippen LogP contribution in [0, 0.1) is 0 Å². The highest BCUT2D eigenvalue weighted by Crippen LogP contribution is 2.33. The number of rotatable bonds is 1. The molecule has 3 aromatic rings. The second-order valence-electron chi connectivity index (χ2n) is 4.64. The smallest absolute Gasteiger partial charge is 0.227 e. The topological polar surface area (TPSA) is 42.2 Å². The zero-order chi connectivity index (χ0) is 14.3. The van der Waals surface area contributed by atoms with Crippen LogP contribution in [-0.2, 0) is 0 Å². The molecule has 0 saturated carbocycles. The van der Waals surface area contributed by atoms with Crippen molar-refractivity contribution in [3.05, 3.63) is 53.7 Å². The van der Waals surface area contributed by atoms with E-state index in [1.807, 2.05) is 30.3 Å². The highest BCUT2D eigenvalue weighted by Gasteiger charge is 2.13. The molecule has 0 spiro atoms. The lowest BCUT2D eigenvalue weighted by molar-refractivity contribution is 0.0942. The molecule has 0 aliphatic heterocycles. The van der Waals surface area contributed by atoms with Crippen molar-refractivity contribution in [1.29, 1.82) is 0 Å². The van der Waals surface area contributed by atoms with Crippen LogP contribution >= 0.6 is 11.6 Å². The summed E-state index contributed by atoms with van der Waals surface area (Å²) in [4.78, 5) is 11.7. The predicted molar refractivity (Wildman–Crippen MR) is 80.3 cm³/mol. The first-order chi connectivity index (χ1) is 9.56. The third kappa shape index (κ3) is 2.06. The molecule has 1 heterocycles. The fourth-order valence-corrected chi connectivity index (χ4v) is 2.46. The summed E-state index contributed by atoms with van der Waals surface area (Å²) < 4.78 is 1.54. The maximum absolute atomic E-state index is 11.7. The Morgan fingerprint density at radius 2 is 1.85 bits per heavy atom. The van der Waals surface area contributed by atoms with E-state index >= 15 is 0 Å². The lowest BCUT2D eigenvalue weighted by Gasteiger charge is -2.00. The largest absolute Gasteiger partial charge is 0.508 e. The number of phenolic OH excluding ortho intramolecular Hbond substituents is 1. The third-order valence-electron chi connectivity index (χ3n) is 3.28. The van der Waals surface area contributed by atoms with Crippen LogP contribution in [0.4, 0.5) is 0 Å². The van der Waals surface area contributed by atoms with Crippen molar-refractivity contribution in [1.82, 2.24) is 4.57 Å². The summed E-state index contributed by atoms with van der Waals surface area (Å²) in [6.07, 6.45) is 1.79. The lowest BCUT2D eigenvalue weighted by Crippen LogP contribution is -2.02. The number of halogens is 1. The molecular weight excluding hydrogens is 274 g/mol. The van der Waals surface area contributed by atoms with E-state index in [2.05, 4.69) is 0 Å². The van der Waals surface area contributed by atoms with Gasteiger partial charge in [-0.05, 0) is 29.8 Å². The molecule has 0 bridgehead atoms. The molecule has 2 aromatic carbocycles. The fourth-order valence-electron chi connectivity index (χ4n) is 2.34. The molecule has 3 rings (SSSR count). The average Bonchev–Trinajstić information content (AvgIpc) is 2.78. The zero-order valence-electron chi connectivity index (χ0n) is 10.8. The first-order valence-electron chi connectivity index (χ1n) is 6.17. The number of nitrogens with zero attached hydrogens (tertiary/aromatic N) is 1. The molecule has 0 amide bonds. The van der Waals surface area contributed by atoms with Crippen LogP contribution in [0.15, 0.2) is 48.7 Å². The van der Waals surface area contributed by atoms with E-state index in [1.54, 1.807) is 22.9 Å². The SMILES string of the molecule is CC(=O)n1cc(-c2ccc(Cl)cc2)c2ccc(O)cc21. The monoisotopic (exact) mass is 285 g/mol. The normalized spacial score (nSPS) is 10.9. The van der Waals surface area contributed by atoms with Crippen LogP contribution in [0.1, 0.15) is 11.7 Å². The Hall–Kier alpha value is -2.26. The van der Waals surface area contributed by atoms with Gasteiger partial charge >= 0.3 is 0 Å². The molecule has 3 nitrogen and oxygen atoms in total. The second kappa shape index (κ2) is 4.69. The summed E-state index contributed by atoms with van der Waals surface area (Å²) in [6.45, 7) is 1.50.